The van der Waals surface area contributed by atoms with Crippen LogP contribution in [0, 0.1) is 11.6 Å². The minimum atomic E-state index is -0.178. The molecule has 0 spiro atoms. The second-order valence-electron chi connectivity index (χ2n) is 5.06. The largest absolute Gasteiger partial charge is 0.207 e. The maximum Gasteiger partial charge on any atom is 0.123 e. The van der Waals surface area contributed by atoms with E-state index in [1.54, 1.807) is 30.3 Å². The van der Waals surface area contributed by atoms with Crippen LogP contribution in [0.25, 0.3) is 0 Å². The molecule has 0 aromatic heterocycles. The SMILES string of the molecule is CC(C)(C)c1cccc(F)c1.Fc1ccccc1. The number of rotatable bonds is 0. The average molecular weight is 248 g/mol. The summed E-state index contributed by atoms with van der Waals surface area (Å²) in [6, 6.07) is 14.7. The topological polar surface area (TPSA) is 0 Å². The van der Waals surface area contributed by atoms with E-state index in [0.29, 0.717) is 0 Å². The predicted octanol–water partition coefficient (Wildman–Crippen LogP) is 4.95. The molecule has 0 saturated heterocycles. The van der Waals surface area contributed by atoms with E-state index < -0.39 is 0 Å². The Morgan fingerprint density at radius 3 is 1.61 bits per heavy atom. The van der Waals surface area contributed by atoms with E-state index in [1.807, 2.05) is 6.07 Å². The molecule has 0 radical (unpaired) electrons. The van der Waals surface area contributed by atoms with E-state index in [0.717, 1.165) is 5.56 Å². The quantitative estimate of drug-likeness (QED) is 0.619. The van der Waals surface area contributed by atoms with Gasteiger partial charge in [-0.3, -0.25) is 0 Å². The summed E-state index contributed by atoms with van der Waals surface area (Å²) in [6.07, 6.45) is 0. The van der Waals surface area contributed by atoms with Crippen molar-refractivity contribution in [2.24, 2.45) is 0 Å². The standard InChI is InChI=1S/C10H13F.C6H5F/c1-10(2,3)8-5-4-6-9(11)7-8;7-6-4-2-1-3-5-6/h4-7H,1-3H3;1-5H. The van der Waals surface area contributed by atoms with Gasteiger partial charge in [-0.05, 0) is 35.2 Å². The van der Waals surface area contributed by atoms with Crippen molar-refractivity contribution in [2.75, 3.05) is 0 Å². The summed E-state index contributed by atoms with van der Waals surface area (Å²) in [5, 5.41) is 0. The fourth-order valence-corrected chi connectivity index (χ4v) is 1.37. The van der Waals surface area contributed by atoms with Gasteiger partial charge in [-0.2, -0.15) is 0 Å². The van der Waals surface area contributed by atoms with Crippen molar-refractivity contribution in [1.82, 2.24) is 0 Å². The van der Waals surface area contributed by atoms with Crippen LogP contribution in [-0.2, 0) is 5.41 Å². The maximum absolute atomic E-state index is 12.7. The number of hydrogen-bond donors (Lipinski definition) is 0. The Kier molecular flexibility index (Phi) is 5.02. The molecule has 0 aliphatic carbocycles. The van der Waals surface area contributed by atoms with Gasteiger partial charge in [-0.25, -0.2) is 8.78 Å². The van der Waals surface area contributed by atoms with E-state index in [1.165, 1.54) is 18.2 Å². The fraction of sp³-hybridized carbons (Fsp3) is 0.250. The van der Waals surface area contributed by atoms with Crippen molar-refractivity contribution in [3.8, 4) is 0 Å². The van der Waals surface area contributed by atoms with Gasteiger partial charge in [-0.1, -0.05) is 51.1 Å². The molecule has 0 aliphatic heterocycles. The highest BCUT2D eigenvalue weighted by Crippen LogP contribution is 2.21. The van der Waals surface area contributed by atoms with Gasteiger partial charge >= 0.3 is 0 Å². The Labute approximate surface area is 107 Å². The second kappa shape index (κ2) is 6.29. The molecular weight excluding hydrogens is 230 g/mol. The highest BCUT2D eigenvalue weighted by molar-refractivity contribution is 5.23. The molecular formula is C16H18F2. The van der Waals surface area contributed by atoms with Crippen molar-refractivity contribution >= 4 is 0 Å². The first kappa shape index (κ1) is 14.4. The first-order valence-electron chi connectivity index (χ1n) is 5.86. The zero-order chi connectivity index (χ0) is 13.6. The normalized spacial score (nSPS) is 10.5. The first-order chi connectivity index (χ1) is 8.39. The van der Waals surface area contributed by atoms with Crippen LogP contribution in [0.15, 0.2) is 54.6 Å². The van der Waals surface area contributed by atoms with Gasteiger partial charge in [0.2, 0.25) is 0 Å². The molecule has 2 aromatic carbocycles. The first-order valence-corrected chi connectivity index (χ1v) is 5.86. The van der Waals surface area contributed by atoms with Gasteiger partial charge in [0.05, 0.1) is 0 Å². The zero-order valence-electron chi connectivity index (χ0n) is 11.0. The van der Waals surface area contributed by atoms with Crippen LogP contribution in [0.3, 0.4) is 0 Å². The van der Waals surface area contributed by atoms with Crippen LogP contribution in [0.2, 0.25) is 0 Å². The molecule has 0 N–H and O–H groups in total. The van der Waals surface area contributed by atoms with Gasteiger partial charge in [0, 0.05) is 0 Å². The molecule has 0 heterocycles. The van der Waals surface area contributed by atoms with Crippen molar-refractivity contribution in [2.45, 2.75) is 26.2 Å². The van der Waals surface area contributed by atoms with E-state index in [9.17, 15) is 8.78 Å². The third-order valence-corrected chi connectivity index (χ3v) is 2.42. The van der Waals surface area contributed by atoms with Gasteiger partial charge < -0.3 is 0 Å². The lowest BCUT2D eigenvalue weighted by atomic mass is 9.87. The minimum absolute atomic E-state index is 0.0437. The molecule has 0 fully saturated rings. The second-order valence-corrected chi connectivity index (χ2v) is 5.06. The maximum atomic E-state index is 12.7. The summed E-state index contributed by atoms with van der Waals surface area (Å²) < 4.78 is 24.6. The molecule has 0 unspecified atom stereocenters. The lowest BCUT2D eigenvalue weighted by Crippen LogP contribution is -2.10. The van der Waals surface area contributed by atoms with E-state index in [4.69, 9.17) is 0 Å². The van der Waals surface area contributed by atoms with Crippen molar-refractivity contribution in [1.29, 1.82) is 0 Å². The summed E-state index contributed by atoms with van der Waals surface area (Å²) in [6.45, 7) is 6.21. The number of hydrogen-bond acceptors (Lipinski definition) is 0. The molecule has 96 valence electrons. The average Bonchev–Trinajstić information content (AvgIpc) is 2.30. The van der Waals surface area contributed by atoms with E-state index in [2.05, 4.69) is 20.8 Å². The van der Waals surface area contributed by atoms with Gasteiger partial charge in [0.1, 0.15) is 11.6 Å². The zero-order valence-corrected chi connectivity index (χ0v) is 11.0. The third-order valence-electron chi connectivity index (χ3n) is 2.42. The van der Waals surface area contributed by atoms with Crippen LogP contribution in [0.5, 0.6) is 0 Å². The molecule has 0 amide bonds. The summed E-state index contributed by atoms with van der Waals surface area (Å²) >= 11 is 0. The van der Waals surface area contributed by atoms with Crippen LogP contribution in [0.1, 0.15) is 26.3 Å². The molecule has 2 heteroatoms. The Balaban J connectivity index is 0.000000199. The lowest BCUT2D eigenvalue weighted by Gasteiger charge is -2.18. The van der Waals surface area contributed by atoms with Gasteiger partial charge in [-0.15, -0.1) is 0 Å². The molecule has 2 rings (SSSR count). The van der Waals surface area contributed by atoms with E-state index in [-0.39, 0.29) is 17.0 Å². The monoisotopic (exact) mass is 248 g/mol. The molecule has 0 saturated carbocycles. The molecule has 0 atom stereocenters. The van der Waals surface area contributed by atoms with Crippen LogP contribution < -0.4 is 0 Å². The number of halogens is 2. The minimum Gasteiger partial charge on any atom is -0.207 e. The predicted molar refractivity (Wildman–Crippen MR) is 71.5 cm³/mol. The summed E-state index contributed by atoms with van der Waals surface area (Å²) in [7, 11) is 0. The lowest BCUT2D eigenvalue weighted by molar-refractivity contribution is 0.572. The van der Waals surface area contributed by atoms with Crippen molar-refractivity contribution in [3.63, 3.8) is 0 Å². The Morgan fingerprint density at radius 1 is 0.722 bits per heavy atom. The molecule has 0 nitrogen and oxygen atoms in total. The molecule has 2 aromatic rings. The summed E-state index contributed by atoms with van der Waals surface area (Å²) in [5.41, 5.74) is 1.08. The Hall–Kier alpha value is -1.70. The highest BCUT2D eigenvalue weighted by atomic mass is 19.1. The van der Waals surface area contributed by atoms with Crippen molar-refractivity contribution in [3.05, 3.63) is 71.8 Å². The Morgan fingerprint density at radius 2 is 1.28 bits per heavy atom. The summed E-state index contributed by atoms with van der Waals surface area (Å²) in [5.74, 6) is -0.333. The Bertz CT molecular complexity index is 470. The third kappa shape index (κ3) is 5.09. The van der Waals surface area contributed by atoms with Gasteiger partial charge in [0.15, 0.2) is 0 Å². The molecule has 18 heavy (non-hydrogen) atoms. The fourth-order valence-electron chi connectivity index (χ4n) is 1.37. The van der Waals surface area contributed by atoms with Crippen molar-refractivity contribution < 1.29 is 8.78 Å². The molecule has 0 bridgehead atoms. The van der Waals surface area contributed by atoms with Crippen LogP contribution >= 0.6 is 0 Å². The van der Waals surface area contributed by atoms with E-state index >= 15 is 0 Å². The van der Waals surface area contributed by atoms with Crippen LogP contribution in [0.4, 0.5) is 8.78 Å². The van der Waals surface area contributed by atoms with Gasteiger partial charge in [0.25, 0.3) is 0 Å². The van der Waals surface area contributed by atoms with Crippen LogP contribution in [-0.4, -0.2) is 0 Å². The number of benzene rings is 2. The summed E-state index contributed by atoms with van der Waals surface area (Å²) in [4.78, 5) is 0. The molecule has 0 aliphatic rings. The highest BCUT2D eigenvalue weighted by Gasteiger charge is 2.13. The smallest absolute Gasteiger partial charge is 0.123 e.